The molecule has 2 aliphatic rings. The molecule has 1 N–H and O–H groups in total. The molecule has 0 saturated heterocycles. The third kappa shape index (κ3) is 2.07. The predicted molar refractivity (Wildman–Crippen MR) is 56.8 cm³/mol. The Kier molecular flexibility index (Phi) is 2.18. The van der Waals surface area contributed by atoms with Gasteiger partial charge in [0.2, 0.25) is 0 Å². The molecule has 0 bridgehead atoms. The zero-order chi connectivity index (χ0) is 9.53. The largest absolute Gasteiger partial charge is 0.314 e. The summed E-state index contributed by atoms with van der Waals surface area (Å²) in [6, 6.07) is 0. The summed E-state index contributed by atoms with van der Waals surface area (Å²) in [6.45, 7) is 4.85. The summed E-state index contributed by atoms with van der Waals surface area (Å²) in [5.74, 6) is 1.00. The van der Waals surface area contributed by atoms with Gasteiger partial charge >= 0.3 is 0 Å². The molecule has 1 unspecified atom stereocenters. The van der Waals surface area contributed by atoms with Crippen LogP contribution in [0.1, 0.15) is 52.4 Å². The fourth-order valence-corrected chi connectivity index (χ4v) is 3.01. The Morgan fingerprint density at radius 1 is 1.23 bits per heavy atom. The van der Waals surface area contributed by atoms with Gasteiger partial charge in [-0.25, -0.2) is 0 Å². The van der Waals surface area contributed by atoms with Crippen molar-refractivity contribution < 1.29 is 0 Å². The number of hydrogen-bond acceptors (Lipinski definition) is 1. The molecule has 0 aromatic rings. The van der Waals surface area contributed by atoms with Crippen LogP contribution in [0.2, 0.25) is 0 Å². The number of hydrogen-bond donors (Lipinski definition) is 1. The lowest BCUT2D eigenvalue weighted by Crippen LogP contribution is -2.29. The topological polar surface area (TPSA) is 12.0 Å². The molecule has 0 aliphatic heterocycles. The Morgan fingerprint density at radius 3 is 2.31 bits per heavy atom. The Bertz CT molecular complexity index is 191. The second-order valence-corrected chi connectivity index (χ2v) is 6.01. The minimum absolute atomic E-state index is 0.574. The van der Waals surface area contributed by atoms with E-state index in [1.54, 1.807) is 0 Å². The van der Waals surface area contributed by atoms with Crippen molar-refractivity contribution in [3.05, 3.63) is 0 Å². The Morgan fingerprint density at radius 2 is 1.92 bits per heavy atom. The van der Waals surface area contributed by atoms with Gasteiger partial charge in [0.05, 0.1) is 0 Å². The minimum atomic E-state index is 0.574. The summed E-state index contributed by atoms with van der Waals surface area (Å²) >= 11 is 0. The molecule has 0 amide bonds. The smallest absolute Gasteiger partial charge is 0.0182 e. The first-order chi connectivity index (χ1) is 6.05. The zero-order valence-electron chi connectivity index (χ0n) is 9.32. The van der Waals surface area contributed by atoms with Crippen molar-refractivity contribution in [3.8, 4) is 0 Å². The number of nitrogens with one attached hydrogen (secondary N) is 1. The highest BCUT2D eigenvalue weighted by Crippen LogP contribution is 2.49. The maximum atomic E-state index is 3.51. The van der Waals surface area contributed by atoms with E-state index >= 15 is 0 Å². The molecule has 0 spiro atoms. The van der Waals surface area contributed by atoms with Gasteiger partial charge < -0.3 is 5.32 Å². The first-order valence-corrected chi connectivity index (χ1v) is 5.74. The molecule has 0 heterocycles. The molecule has 0 aromatic carbocycles. The molecular formula is C12H23N. The van der Waals surface area contributed by atoms with E-state index in [1.807, 2.05) is 0 Å². The van der Waals surface area contributed by atoms with Gasteiger partial charge in [-0.15, -0.1) is 0 Å². The molecule has 1 nitrogen and oxygen atoms in total. The Labute approximate surface area is 82.3 Å². The van der Waals surface area contributed by atoms with Gasteiger partial charge in [-0.05, 0) is 56.9 Å². The van der Waals surface area contributed by atoms with Crippen LogP contribution in [0, 0.1) is 11.3 Å². The fraction of sp³-hybridized carbons (Fsp3) is 1.00. The van der Waals surface area contributed by atoms with Gasteiger partial charge in [0.25, 0.3) is 0 Å². The van der Waals surface area contributed by atoms with E-state index in [0.717, 1.165) is 5.92 Å². The molecule has 2 aliphatic carbocycles. The van der Waals surface area contributed by atoms with E-state index in [9.17, 15) is 0 Å². The summed E-state index contributed by atoms with van der Waals surface area (Å²) in [5.41, 5.74) is 1.21. The molecule has 2 saturated carbocycles. The van der Waals surface area contributed by atoms with Gasteiger partial charge in [0.1, 0.15) is 0 Å². The maximum Gasteiger partial charge on any atom is 0.0182 e. The van der Waals surface area contributed by atoms with E-state index in [2.05, 4.69) is 26.2 Å². The minimum Gasteiger partial charge on any atom is -0.314 e. The molecule has 13 heavy (non-hydrogen) atoms. The van der Waals surface area contributed by atoms with Crippen LogP contribution < -0.4 is 5.32 Å². The summed E-state index contributed by atoms with van der Waals surface area (Å²) in [7, 11) is 2.13. The summed E-state index contributed by atoms with van der Waals surface area (Å²) < 4.78 is 0. The van der Waals surface area contributed by atoms with Crippen molar-refractivity contribution in [1.82, 2.24) is 5.32 Å². The van der Waals surface area contributed by atoms with Crippen LogP contribution in [0.25, 0.3) is 0 Å². The highest BCUT2D eigenvalue weighted by molar-refractivity contribution is 5.03. The third-order valence-electron chi connectivity index (χ3n) is 4.13. The lowest BCUT2D eigenvalue weighted by molar-refractivity contribution is 0.330. The molecule has 1 heteroatoms. The van der Waals surface area contributed by atoms with Crippen LogP contribution in [-0.4, -0.2) is 12.6 Å². The van der Waals surface area contributed by atoms with Crippen LogP contribution in [0.4, 0.5) is 0 Å². The van der Waals surface area contributed by atoms with Crippen molar-refractivity contribution in [1.29, 1.82) is 0 Å². The highest BCUT2D eigenvalue weighted by atomic mass is 15.0. The van der Waals surface area contributed by atoms with Gasteiger partial charge in [0.15, 0.2) is 0 Å². The predicted octanol–water partition coefficient (Wildman–Crippen LogP) is 2.95. The van der Waals surface area contributed by atoms with Gasteiger partial charge in [-0.2, -0.15) is 0 Å². The zero-order valence-corrected chi connectivity index (χ0v) is 9.32. The van der Waals surface area contributed by atoms with Gasteiger partial charge in [-0.3, -0.25) is 0 Å². The first-order valence-electron chi connectivity index (χ1n) is 5.74. The third-order valence-corrected chi connectivity index (χ3v) is 4.13. The molecule has 0 aromatic heterocycles. The van der Waals surface area contributed by atoms with Crippen molar-refractivity contribution in [2.24, 2.45) is 11.3 Å². The van der Waals surface area contributed by atoms with Crippen molar-refractivity contribution in [2.45, 2.75) is 57.9 Å². The fourth-order valence-electron chi connectivity index (χ4n) is 3.01. The molecule has 76 valence electrons. The lowest BCUT2D eigenvalue weighted by atomic mass is 9.88. The van der Waals surface area contributed by atoms with E-state index in [4.69, 9.17) is 0 Å². The van der Waals surface area contributed by atoms with E-state index in [0.29, 0.717) is 11.0 Å². The van der Waals surface area contributed by atoms with Crippen LogP contribution >= 0.6 is 0 Å². The molecule has 1 atom stereocenters. The average Bonchev–Trinajstić information content (AvgIpc) is 2.74. The standard InChI is InChI=1S/C12H23N/c1-11(2)5-4-10(8-11)9-12(13-3)6-7-12/h10,13H,4-9H2,1-3H3. The quantitative estimate of drug-likeness (QED) is 0.706. The van der Waals surface area contributed by atoms with Crippen LogP contribution in [0.15, 0.2) is 0 Å². The molecular weight excluding hydrogens is 158 g/mol. The highest BCUT2D eigenvalue weighted by Gasteiger charge is 2.44. The number of rotatable bonds is 3. The van der Waals surface area contributed by atoms with Crippen molar-refractivity contribution >= 4 is 0 Å². The van der Waals surface area contributed by atoms with Crippen LogP contribution in [-0.2, 0) is 0 Å². The van der Waals surface area contributed by atoms with Gasteiger partial charge in [-0.1, -0.05) is 13.8 Å². The van der Waals surface area contributed by atoms with Crippen LogP contribution in [0.5, 0.6) is 0 Å². The monoisotopic (exact) mass is 181 g/mol. The Balaban J connectivity index is 1.84. The maximum absolute atomic E-state index is 3.51. The second-order valence-electron chi connectivity index (χ2n) is 6.01. The second kappa shape index (κ2) is 2.98. The van der Waals surface area contributed by atoms with Crippen molar-refractivity contribution in [2.75, 3.05) is 7.05 Å². The van der Waals surface area contributed by atoms with E-state index < -0.39 is 0 Å². The first kappa shape index (κ1) is 9.51. The summed E-state index contributed by atoms with van der Waals surface area (Å²) in [5, 5.41) is 3.51. The van der Waals surface area contributed by atoms with E-state index in [1.165, 1.54) is 38.5 Å². The SMILES string of the molecule is CNC1(CC2CCC(C)(C)C2)CC1. The molecule has 0 radical (unpaired) electrons. The summed E-state index contributed by atoms with van der Waals surface area (Å²) in [4.78, 5) is 0. The van der Waals surface area contributed by atoms with Gasteiger partial charge in [0, 0.05) is 5.54 Å². The van der Waals surface area contributed by atoms with Crippen LogP contribution in [0.3, 0.4) is 0 Å². The Hall–Kier alpha value is -0.0400. The normalized spacial score (nSPS) is 34.8. The average molecular weight is 181 g/mol. The molecule has 2 rings (SSSR count). The lowest BCUT2D eigenvalue weighted by Gasteiger charge is -2.21. The van der Waals surface area contributed by atoms with E-state index in [-0.39, 0.29) is 0 Å². The molecule has 2 fully saturated rings. The summed E-state index contributed by atoms with van der Waals surface area (Å²) in [6.07, 6.45) is 8.64. The van der Waals surface area contributed by atoms with Crippen molar-refractivity contribution in [3.63, 3.8) is 0 Å².